The molecule has 1 aromatic rings. The molecule has 2 aliphatic heterocycles. The number of nitrogens with zero attached hydrogens (tertiary/aromatic N) is 4. The Morgan fingerprint density at radius 2 is 2.00 bits per heavy atom. The van der Waals surface area contributed by atoms with Gasteiger partial charge in [-0.1, -0.05) is 0 Å². The summed E-state index contributed by atoms with van der Waals surface area (Å²) in [5.41, 5.74) is 1.23. The van der Waals surface area contributed by atoms with Gasteiger partial charge in [0.1, 0.15) is 12.1 Å². The van der Waals surface area contributed by atoms with Gasteiger partial charge in [-0.05, 0) is 12.1 Å². The summed E-state index contributed by atoms with van der Waals surface area (Å²) in [5, 5.41) is 33.0. The van der Waals surface area contributed by atoms with E-state index in [0.717, 1.165) is 0 Å². The molecule has 0 saturated carbocycles. The molecule has 102 valence electrons. The second-order valence-corrected chi connectivity index (χ2v) is 4.39. The summed E-state index contributed by atoms with van der Waals surface area (Å²) < 4.78 is 0. The Bertz CT molecular complexity index is 796. The van der Waals surface area contributed by atoms with Crippen LogP contribution in [0.1, 0.15) is 11.1 Å². The van der Waals surface area contributed by atoms with Crippen LogP contribution >= 0.6 is 0 Å². The number of anilines is 1. The van der Waals surface area contributed by atoms with E-state index in [9.17, 15) is 9.90 Å². The number of benzene rings is 1. The smallest absolute Gasteiger partial charge is 0.273 e. The molecule has 0 aliphatic carbocycles. The molecule has 21 heavy (non-hydrogen) atoms. The maximum absolute atomic E-state index is 11.9. The second-order valence-electron chi connectivity index (χ2n) is 4.39. The third-order valence-electron chi connectivity index (χ3n) is 3.02. The van der Waals surface area contributed by atoms with Gasteiger partial charge >= 0.3 is 0 Å². The number of rotatable bonds is 0. The van der Waals surface area contributed by atoms with Crippen LogP contribution in [0, 0.1) is 22.7 Å². The van der Waals surface area contributed by atoms with Gasteiger partial charge in [0.15, 0.2) is 17.8 Å². The number of hydrogen-bond donors (Lipinski definition) is 3. The molecule has 0 aromatic heterocycles. The zero-order chi connectivity index (χ0) is 15.0. The molecule has 1 unspecified atom stereocenters. The summed E-state index contributed by atoms with van der Waals surface area (Å²) in [4.78, 5) is 20.0. The third-order valence-corrected chi connectivity index (χ3v) is 3.02. The van der Waals surface area contributed by atoms with Crippen molar-refractivity contribution >= 4 is 28.8 Å². The van der Waals surface area contributed by atoms with E-state index in [1.54, 1.807) is 0 Å². The molecular weight excluding hydrogens is 272 g/mol. The van der Waals surface area contributed by atoms with E-state index in [1.807, 2.05) is 12.1 Å². The summed E-state index contributed by atoms with van der Waals surface area (Å²) in [6, 6.07) is 6.72. The monoisotopic (exact) mass is 280 g/mol. The van der Waals surface area contributed by atoms with Crippen molar-refractivity contribution in [2.45, 2.75) is 6.23 Å². The van der Waals surface area contributed by atoms with Crippen LogP contribution in [0.3, 0.4) is 0 Å². The summed E-state index contributed by atoms with van der Waals surface area (Å²) in [6.45, 7) is -0.00767. The first-order valence-electron chi connectivity index (χ1n) is 6.01. The molecule has 0 fully saturated rings. The lowest BCUT2D eigenvalue weighted by molar-refractivity contribution is -0.114. The van der Waals surface area contributed by atoms with Crippen molar-refractivity contribution < 1.29 is 9.90 Å². The van der Waals surface area contributed by atoms with Gasteiger partial charge in [-0.25, -0.2) is 9.98 Å². The predicted octanol–water partition coefficient (Wildman–Crippen LogP) is -0.225. The van der Waals surface area contributed by atoms with Gasteiger partial charge in [0.25, 0.3) is 5.91 Å². The van der Waals surface area contributed by atoms with Gasteiger partial charge in [0.05, 0.1) is 29.0 Å². The highest BCUT2D eigenvalue weighted by atomic mass is 16.3. The van der Waals surface area contributed by atoms with Gasteiger partial charge in [0.2, 0.25) is 0 Å². The fraction of sp³-hybridized carbons (Fsp3) is 0.154. The van der Waals surface area contributed by atoms with Crippen LogP contribution in [0.15, 0.2) is 22.1 Å². The molecule has 0 bridgehead atoms. The number of nitrogens with one attached hydrogen (secondary N) is 2. The predicted molar refractivity (Wildman–Crippen MR) is 73.0 cm³/mol. The average molecular weight is 280 g/mol. The maximum atomic E-state index is 11.9. The van der Waals surface area contributed by atoms with Crippen molar-refractivity contribution in [3.8, 4) is 12.1 Å². The Morgan fingerprint density at radius 3 is 2.71 bits per heavy atom. The lowest BCUT2D eigenvalue weighted by atomic mass is 10.1. The number of carbonyl (C=O) groups excluding carboxylic acids is 1. The molecule has 3 N–H and O–H groups in total. The largest absolute Gasteiger partial charge is 0.370 e. The fourth-order valence-electron chi connectivity index (χ4n) is 2.04. The second kappa shape index (κ2) is 4.71. The highest BCUT2D eigenvalue weighted by molar-refractivity contribution is 6.69. The molecule has 8 nitrogen and oxygen atoms in total. The SMILES string of the molecule is N#Cc1cc2c(cc1C#N)NC1=NC(O)CNC(=O)C1=N2. The van der Waals surface area contributed by atoms with Gasteiger partial charge in [0, 0.05) is 0 Å². The lowest BCUT2D eigenvalue weighted by Gasteiger charge is -2.18. The number of aliphatic hydroxyl groups is 1. The molecule has 2 aliphatic rings. The Hall–Kier alpha value is -3.23. The van der Waals surface area contributed by atoms with Crippen LogP contribution in [-0.2, 0) is 4.79 Å². The van der Waals surface area contributed by atoms with Crippen LogP contribution in [0.4, 0.5) is 11.4 Å². The molecule has 8 heteroatoms. The molecule has 1 atom stereocenters. The minimum atomic E-state index is -1.07. The Balaban J connectivity index is 2.18. The minimum Gasteiger partial charge on any atom is -0.370 e. The molecule has 3 rings (SSSR count). The number of fused-ring (bicyclic) bond motifs is 2. The van der Waals surface area contributed by atoms with Crippen LogP contribution < -0.4 is 10.6 Å². The first-order chi connectivity index (χ1) is 10.1. The molecule has 0 saturated heterocycles. The number of carbonyl (C=O) groups is 1. The highest BCUT2D eigenvalue weighted by Crippen LogP contribution is 2.32. The summed E-state index contributed by atoms with van der Waals surface area (Å²) in [6.07, 6.45) is -1.07. The standard InChI is InChI=1S/C13H8N6O2/c14-3-6-1-8-9(2-7(6)4-15)18-12-11(17-8)13(21)16-5-10(20)19-12/h1-2,10,20H,5H2,(H,16,21)(H,18,19). The maximum Gasteiger partial charge on any atom is 0.273 e. The van der Waals surface area contributed by atoms with Gasteiger partial charge in [-0.3, -0.25) is 4.79 Å². The quantitative estimate of drug-likeness (QED) is 0.603. The number of β-amino-alcohol motifs (C(OH)–C–C–N with tert-alkyl or cyclic N) is 1. The molecule has 0 radical (unpaired) electrons. The van der Waals surface area contributed by atoms with Crippen molar-refractivity contribution in [2.75, 3.05) is 11.9 Å². The van der Waals surface area contributed by atoms with Crippen molar-refractivity contribution in [1.82, 2.24) is 5.32 Å². The Labute approximate surface area is 119 Å². The van der Waals surface area contributed by atoms with Crippen LogP contribution in [-0.4, -0.2) is 35.3 Å². The normalized spacial score (nSPS) is 19.4. The number of amidine groups is 1. The summed E-state index contributed by atoms with van der Waals surface area (Å²) >= 11 is 0. The zero-order valence-electron chi connectivity index (χ0n) is 10.6. The molecule has 1 amide bonds. The molecule has 1 aromatic carbocycles. The fourth-order valence-corrected chi connectivity index (χ4v) is 2.04. The molecular formula is C13H8N6O2. The van der Waals surface area contributed by atoms with Crippen LogP contribution in [0.2, 0.25) is 0 Å². The zero-order valence-corrected chi connectivity index (χ0v) is 10.6. The number of hydrogen-bond acceptors (Lipinski definition) is 7. The average Bonchev–Trinajstić information content (AvgIpc) is 2.63. The molecule has 2 heterocycles. The van der Waals surface area contributed by atoms with Crippen molar-refractivity contribution in [1.29, 1.82) is 10.5 Å². The van der Waals surface area contributed by atoms with E-state index < -0.39 is 12.1 Å². The lowest BCUT2D eigenvalue weighted by Crippen LogP contribution is -2.38. The van der Waals surface area contributed by atoms with Crippen molar-refractivity contribution in [2.24, 2.45) is 9.98 Å². The highest BCUT2D eigenvalue weighted by Gasteiger charge is 2.28. The number of amides is 1. The van der Waals surface area contributed by atoms with Crippen molar-refractivity contribution in [3.63, 3.8) is 0 Å². The molecule has 0 spiro atoms. The number of aliphatic hydroxyl groups excluding tert-OH is 1. The number of aliphatic imine (C=N–C) groups is 2. The third kappa shape index (κ3) is 2.10. The number of nitriles is 2. The van der Waals surface area contributed by atoms with Gasteiger partial charge in [-0.15, -0.1) is 0 Å². The first kappa shape index (κ1) is 12.8. The topological polar surface area (TPSA) is 134 Å². The van der Waals surface area contributed by atoms with E-state index >= 15 is 0 Å². The van der Waals surface area contributed by atoms with Crippen molar-refractivity contribution in [3.05, 3.63) is 23.3 Å². The minimum absolute atomic E-state index is 0.00767. The van der Waals surface area contributed by atoms with Gasteiger partial charge in [-0.2, -0.15) is 10.5 Å². The Kier molecular flexibility index (Phi) is 2.87. The van der Waals surface area contributed by atoms with E-state index in [1.165, 1.54) is 12.1 Å². The van der Waals surface area contributed by atoms with E-state index in [4.69, 9.17) is 10.5 Å². The van der Waals surface area contributed by atoms with E-state index in [-0.39, 0.29) is 29.2 Å². The summed E-state index contributed by atoms with van der Waals surface area (Å²) in [5.74, 6) is -0.329. The van der Waals surface area contributed by atoms with E-state index in [2.05, 4.69) is 20.6 Å². The summed E-state index contributed by atoms with van der Waals surface area (Å²) in [7, 11) is 0. The van der Waals surface area contributed by atoms with Gasteiger partial charge < -0.3 is 15.7 Å². The van der Waals surface area contributed by atoms with Crippen LogP contribution in [0.5, 0.6) is 0 Å². The van der Waals surface area contributed by atoms with E-state index in [0.29, 0.717) is 11.4 Å². The Morgan fingerprint density at radius 1 is 1.29 bits per heavy atom. The first-order valence-corrected chi connectivity index (χ1v) is 6.01. The van der Waals surface area contributed by atoms with Crippen LogP contribution in [0.25, 0.3) is 0 Å².